The van der Waals surface area contributed by atoms with E-state index in [9.17, 15) is 0 Å². The van der Waals surface area contributed by atoms with Gasteiger partial charge in [0.05, 0.1) is 33.0 Å². The predicted octanol–water partition coefficient (Wildman–Crippen LogP) is 2.17. The molecule has 150 valence electrons. The standard InChI is InChI=1S/C22H36N2O3/c1-3-21-4-6-22(7-5-21)20-24-11-8-23(9-12-24,10-13-24)14-15-26-18-19-27-17-16-25-2/h3-7H,1,8-20H2,2H3/q+2. The van der Waals surface area contributed by atoms with E-state index >= 15 is 0 Å². The molecule has 3 fully saturated rings. The second-order valence-corrected chi connectivity index (χ2v) is 8.07. The summed E-state index contributed by atoms with van der Waals surface area (Å²) >= 11 is 0. The fraction of sp³-hybridized carbons (Fsp3) is 0.636. The molecule has 3 aliphatic heterocycles. The molecule has 0 aromatic heterocycles. The highest BCUT2D eigenvalue weighted by atomic mass is 16.5. The van der Waals surface area contributed by atoms with Crippen LogP contribution in [0.5, 0.6) is 0 Å². The Hall–Kier alpha value is -1.24. The number of fused-ring (bicyclic) bond motifs is 3. The first-order valence-electron chi connectivity index (χ1n) is 10.3. The number of nitrogens with zero attached hydrogens (tertiary/aromatic N) is 2. The Morgan fingerprint density at radius 1 is 0.815 bits per heavy atom. The molecule has 0 unspecified atom stereocenters. The van der Waals surface area contributed by atoms with Crippen molar-refractivity contribution in [2.24, 2.45) is 0 Å². The topological polar surface area (TPSA) is 27.7 Å². The van der Waals surface area contributed by atoms with Gasteiger partial charge in [0.25, 0.3) is 0 Å². The van der Waals surface area contributed by atoms with Crippen LogP contribution in [0.1, 0.15) is 11.1 Å². The van der Waals surface area contributed by atoms with Crippen LogP contribution in [0.2, 0.25) is 0 Å². The van der Waals surface area contributed by atoms with Crippen molar-refractivity contribution in [2.45, 2.75) is 6.54 Å². The molecular weight excluding hydrogens is 340 g/mol. The van der Waals surface area contributed by atoms with Gasteiger partial charge in [-0.2, -0.15) is 0 Å². The van der Waals surface area contributed by atoms with Crippen LogP contribution in [0, 0.1) is 0 Å². The first kappa shape index (κ1) is 20.5. The summed E-state index contributed by atoms with van der Waals surface area (Å²) in [5.74, 6) is 0. The maximum Gasteiger partial charge on any atom is 0.129 e. The Labute approximate surface area is 164 Å². The van der Waals surface area contributed by atoms with Gasteiger partial charge in [0.15, 0.2) is 0 Å². The molecule has 0 aliphatic carbocycles. The van der Waals surface area contributed by atoms with E-state index in [0.717, 1.165) is 13.2 Å². The van der Waals surface area contributed by atoms with Crippen molar-refractivity contribution in [2.75, 3.05) is 86.0 Å². The van der Waals surface area contributed by atoms with Crippen LogP contribution in [-0.4, -0.2) is 94.9 Å². The van der Waals surface area contributed by atoms with E-state index in [2.05, 4.69) is 30.8 Å². The predicted molar refractivity (Wildman–Crippen MR) is 108 cm³/mol. The number of hydrogen-bond acceptors (Lipinski definition) is 3. The summed E-state index contributed by atoms with van der Waals surface area (Å²) in [5, 5.41) is 0. The summed E-state index contributed by atoms with van der Waals surface area (Å²) in [4.78, 5) is 0. The zero-order valence-corrected chi connectivity index (χ0v) is 16.9. The highest BCUT2D eigenvalue weighted by molar-refractivity contribution is 5.47. The Balaban J connectivity index is 1.38. The lowest BCUT2D eigenvalue weighted by Gasteiger charge is -2.55. The third-order valence-corrected chi connectivity index (χ3v) is 6.39. The van der Waals surface area contributed by atoms with Crippen molar-refractivity contribution in [3.05, 3.63) is 42.0 Å². The summed E-state index contributed by atoms with van der Waals surface area (Å²) in [7, 11) is 1.69. The average Bonchev–Trinajstić information content (AvgIpc) is 2.72. The van der Waals surface area contributed by atoms with Gasteiger partial charge in [0, 0.05) is 12.7 Å². The normalized spacial score (nSPS) is 27.0. The van der Waals surface area contributed by atoms with E-state index < -0.39 is 0 Å². The molecule has 0 saturated carbocycles. The number of rotatable bonds is 12. The maximum absolute atomic E-state index is 5.81. The van der Waals surface area contributed by atoms with E-state index in [1.54, 1.807) is 7.11 Å². The molecule has 1 aromatic carbocycles. The van der Waals surface area contributed by atoms with Crippen molar-refractivity contribution in [3.8, 4) is 0 Å². The monoisotopic (exact) mass is 376 g/mol. The van der Waals surface area contributed by atoms with Gasteiger partial charge in [-0.25, -0.2) is 0 Å². The zero-order chi connectivity index (χ0) is 19.0. The van der Waals surface area contributed by atoms with E-state index in [0.29, 0.717) is 26.4 Å². The molecule has 0 radical (unpaired) electrons. The fourth-order valence-electron chi connectivity index (χ4n) is 4.39. The molecule has 3 saturated heterocycles. The Morgan fingerprint density at radius 2 is 1.37 bits per heavy atom. The Morgan fingerprint density at radius 3 is 1.96 bits per heavy atom. The third-order valence-electron chi connectivity index (χ3n) is 6.39. The number of ether oxygens (including phenoxy) is 3. The highest BCUT2D eigenvalue weighted by Crippen LogP contribution is 2.28. The van der Waals surface area contributed by atoms with Crippen LogP contribution in [-0.2, 0) is 20.8 Å². The largest absolute Gasteiger partial charge is 0.382 e. The lowest BCUT2D eigenvalue weighted by molar-refractivity contribution is -1.09. The third kappa shape index (κ3) is 5.62. The molecule has 2 bridgehead atoms. The van der Waals surface area contributed by atoms with Crippen LogP contribution in [0.3, 0.4) is 0 Å². The van der Waals surface area contributed by atoms with Gasteiger partial charge >= 0.3 is 0 Å². The molecule has 5 nitrogen and oxygen atoms in total. The summed E-state index contributed by atoms with van der Waals surface area (Å²) in [5.41, 5.74) is 2.66. The second-order valence-electron chi connectivity index (χ2n) is 8.07. The highest BCUT2D eigenvalue weighted by Gasteiger charge is 2.48. The van der Waals surface area contributed by atoms with Gasteiger partial charge in [-0.15, -0.1) is 0 Å². The van der Waals surface area contributed by atoms with E-state index in [4.69, 9.17) is 14.2 Å². The number of hydrogen-bond donors (Lipinski definition) is 0. The fourth-order valence-corrected chi connectivity index (χ4v) is 4.39. The van der Waals surface area contributed by atoms with Crippen LogP contribution in [0.4, 0.5) is 0 Å². The summed E-state index contributed by atoms with van der Waals surface area (Å²) in [6, 6.07) is 8.92. The molecule has 1 aromatic rings. The van der Waals surface area contributed by atoms with Crippen molar-refractivity contribution >= 4 is 6.08 Å². The molecule has 0 N–H and O–H groups in total. The smallest absolute Gasteiger partial charge is 0.129 e. The minimum absolute atomic E-state index is 0.649. The molecule has 5 heteroatoms. The van der Waals surface area contributed by atoms with Gasteiger partial charge in [0.1, 0.15) is 52.4 Å². The van der Waals surface area contributed by atoms with Gasteiger partial charge in [0.2, 0.25) is 0 Å². The molecule has 0 spiro atoms. The summed E-state index contributed by atoms with van der Waals surface area (Å²) in [6.07, 6.45) is 1.91. The SMILES string of the molecule is C=Cc1ccc(C[N+]23CC[N+](CCOCCOCCOC)(CC2)CC3)cc1. The van der Waals surface area contributed by atoms with Crippen LogP contribution >= 0.6 is 0 Å². The number of piperazine rings is 3. The van der Waals surface area contributed by atoms with Gasteiger partial charge < -0.3 is 23.2 Å². The zero-order valence-electron chi connectivity index (χ0n) is 16.9. The number of methoxy groups -OCH3 is 1. The quantitative estimate of drug-likeness (QED) is 0.413. The van der Waals surface area contributed by atoms with Gasteiger partial charge in [-0.3, -0.25) is 0 Å². The second kappa shape index (κ2) is 9.80. The first-order chi connectivity index (χ1) is 13.2. The van der Waals surface area contributed by atoms with Crippen molar-refractivity contribution in [1.82, 2.24) is 0 Å². The summed E-state index contributed by atoms with van der Waals surface area (Å²) in [6.45, 7) is 17.4. The van der Waals surface area contributed by atoms with Gasteiger partial charge in [-0.05, 0) is 5.56 Å². The molecule has 27 heavy (non-hydrogen) atoms. The van der Waals surface area contributed by atoms with Crippen LogP contribution in [0.25, 0.3) is 6.08 Å². The minimum Gasteiger partial charge on any atom is -0.382 e. The van der Waals surface area contributed by atoms with Crippen LogP contribution < -0.4 is 0 Å². The molecule has 3 heterocycles. The molecule has 3 aliphatic rings. The average molecular weight is 377 g/mol. The van der Waals surface area contributed by atoms with Crippen molar-refractivity contribution in [1.29, 1.82) is 0 Å². The maximum atomic E-state index is 5.81. The lowest BCUT2D eigenvalue weighted by Crippen LogP contribution is -2.74. The molecule has 0 atom stereocenters. The number of benzene rings is 1. The minimum atomic E-state index is 0.649. The number of quaternary nitrogens is 2. The Kier molecular flexibility index (Phi) is 7.44. The van der Waals surface area contributed by atoms with E-state index in [1.807, 2.05) is 6.08 Å². The molecule has 0 amide bonds. The molecule has 4 rings (SSSR count). The van der Waals surface area contributed by atoms with E-state index in [-0.39, 0.29) is 0 Å². The van der Waals surface area contributed by atoms with Gasteiger partial charge in [-0.1, -0.05) is 36.9 Å². The lowest BCUT2D eigenvalue weighted by atomic mass is 10.0. The van der Waals surface area contributed by atoms with Crippen LogP contribution in [0.15, 0.2) is 30.8 Å². The molecular formula is C22H36N2O3+2. The summed E-state index contributed by atoms with van der Waals surface area (Å²) < 4.78 is 18.7. The van der Waals surface area contributed by atoms with Crippen molar-refractivity contribution < 1.29 is 23.2 Å². The Bertz CT molecular complexity index is 563. The first-order valence-corrected chi connectivity index (χ1v) is 10.3. The van der Waals surface area contributed by atoms with Crippen molar-refractivity contribution in [3.63, 3.8) is 0 Å². The van der Waals surface area contributed by atoms with E-state index in [1.165, 1.54) is 65.9 Å².